The van der Waals surface area contributed by atoms with Crippen LogP contribution < -0.4 is 4.52 Å². The number of non-ortho nitro benzene ring substituents is 1. The minimum atomic E-state index is -4.16. The second kappa shape index (κ2) is 7.60. The van der Waals surface area contributed by atoms with Crippen molar-refractivity contribution < 1.29 is 41.7 Å². The van der Waals surface area contributed by atoms with E-state index >= 15 is 0 Å². The van der Waals surface area contributed by atoms with Gasteiger partial charge in [-0.1, -0.05) is 11.6 Å². The predicted molar refractivity (Wildman–Crippen MR) is 91.7 cm³/mol. The lowest BCUT2D eigenvalue weighted by Crippen LogP contribution is -2.43. The average molecular weight is 435 g/mol. The van der Waals surface area contributed by atoms with Gasteiger partial charge in [-0.25, -0.2) is 8.96 Å². The highest BCUT2D eigenvalue weighted by molar-refractivity contribution is 7.49. The van der Waals surface area contributed by atoms with Crippen molar-refractivity contribution in [2.45, 2.75) is 36.9 Å². The molecule has 0 saturated carbocycles. The quantitative estimate of drug-likeness (QED) is 0.171. The molecule has 0 aliphatic carbocycles. The van der Waals surface area contributed by atoms with Gasteiger partial charge >= 0.3 is 13.8 Å². The fourth-order valence-corrected chi connectivity index (χ4v) is 4.09. The van der Waals surface area contributed by atoms with Crippen LogP contribution in [-0.4, -0.2) is 48.7 Å². The average Bonchev–Trinajstić information content (AvgIpc) is 2.82. The second-order valence-corrected chi connectivity index (χ2v) is 8.13. The van der Waals surface area contributed by atoms with Gasteiger partial charge in [0.15, 0.2) is 6.10 Å². The van der Waals surface area contributed by atoms with Crippen molar-refractivity contribution in [2.75, 3.05) is 6.61 Å². The van der Waals surface area contributed by atoms with E-state index in [2.05, 4.69) is 0 Å². The number of nitro groups is 1. The lowest BCUT2D eigenvalue weighted by atomic mass is 9.93. The molecule has 3 rings (SSSR count). The van der Waals surface area contributed by atoms with Crippen molar-refractivity contribution in [3.63, 3.8) is 0 Å². The van der Waals surface area contributed by atoms with Crippen LogP contribution in [-0.2, 0) is 34.5 Å². The summed E-state index contributed by atoms with van der Waals surface area (Å²) in [5.41, 5.74) is 0.104. The van der Waals surface area contributed by atoms with Crippen LogP contribution in [0, 0.1) is 10.1 Å². The van der Waals surface area contributed by atoms with Crippen LogP contribution >= 0.6 is 19.4 Å². The normalized spacial score (nSPS) is 34.3. The number of fused-ring (bicyclic) bond motifs is 1. The smallest absolute Gasteiger partial charge is 0.455 e. The first-order chi connectivity index (χ1) is 13.0. The van der Waals surface area contributed by atoms with Crippen LogP contribution in [0.5, 0.6) is 5.75 Å². The van der Waals surface area contributed by atoms with Crippen LogP contribution in [0.15, 0.2) is 18.2 Å². The molecule has 14 heteroatoms. The van der Waals surface area contributed by atoms with Gasteiger partial charge in [0.1, 0.15) is 19.7 Å². The maximum Gasteiger partial charge on any atom is 0.530 e. The number of carbonyl (C=O) groups excluding carboxylic acids is 1. The zero-order chi connectivity index (χ0) is 20.7. The van der Waals surface area contributed by atoms with Crippen molar-refractivity contribution in [3.05, 3.63) is 33.9 Å². The third-order valence-corrected chi connectivity index (χ3v) is 5.71. The molecule has 0 amide bonds. The van der Waals surface area contributed by atoms with Crippen LogP contribution in [0.4, 0.5) is 10.1 Å². The van der Waals surface area contributed by atoms with Gasteiger partial charge in [0, 0.05) is 24.6 Å². The molecule has 150 valence electrons. The topological polar surface area (TPSA) is 123 Å². The number of hydrogen-bond acceptors (Lipinski definition) is 9. The Bertz CT molecular complexity index is 856. The van der Waals surface area contributed by atoms with Crippen LogP contribution in [0.25, 0.3) is 0 Å². The summed E-state index contributed by atoms with van der Waals surface area (Å²) in [6.45, 7) is 0.180. The predicted octanol–water partition coefficient (Wildman–Crippen LogP) is 2.36. The number of ether oxygens (including phenoxy) is 2. The van der Waals surface area contributed by atoms with Gasteiger partial charge in [0.2, 0.25) is 5.13 Å². The number of nitrogens with zero attached hydrogens (tertiary/aromatic N) is 1. The number of hydrogen-bond donors (Lipinski definition) is 0. The van der Waals surface area contributed by atoms with Gasteiger partial charge in [0.05, 0.1) is 24.1 Å². The fourth-order valence-electron chi connectivity index (χ4n) is 2.63. The van der Waals surface area contributed by atoms with Gasteiger partial charge in [-0.15, -0.1) is 0 Å². The van der Waals surface area contributed by atoms with Gasteiger partial charge in [-0.05, 0) is 6.07 Å². The maximum atomic E-state index is 14.4. The molecule has 10 nitrogen and oxygen atoms in total. The second-order valence-electron chi connectivity index (χ2n) is 5.96. The van der Waals surface area contributed by atoms with Crippen molar-refractivity contribution in [3.8, 4) is 5.75 Å². The van der Waals surface area contributed by atoms with E-state index < -0.39 is 48.7 Å². The summed E-state index contributed by atoms with van der Waals surface area (Å²) in [6.07, 6.45) is -2.90. The first-order valence-electron chi connectivity index (χ1n) is 7.84. The molecule has 1 aromatic carbocycles. The zero-order valence-corrected chi connectivity index (χ0v) is 15.9. The Kier molecular flexibility index (Phi) is 5.70. The number of nitro benzene ring substituents is 1. The summed E-state index contributed by atoms with van der Waals surface area (Å²) in [5, 5.41) is 8.08. The third kappa shape index (κ3) is 4.16. The monoisotopic (exact) mass is 435 g/mol. The summed E-state index contributed by atoms with van der Waals surface area (Å²) in [6, 6.07) is 2.00. The number of halogens is 2. The van der Waals surface area contributed by atoms with Crippen LogP contribution in [0.3, 0.4) is 0 Å². The molecule has 1 unspecified atom stereocenters. The van der Waals surface area contributed by atoms with E-state index in [0.717, 1.165) is 13.0 Å². The molecule has 5 atom stereocenters. The molecule has 0 N–H and O–H groups in total. The van der Waals surface area contributed by atoms with Gasteiger partial charge in [-0.2, -0.15) is 0 Å². The summed E-state index contributed by atoms with van der Waals surface area (Å²) in [5.74, 6) is -0.763. The highest BCUT2D eigenvalue weighted by Gasteiger charge is 2.57. The highest BCUT2D eigenvalue weighted by atomic mass is 35.5. The summed E-state index contributed by atoms with van der Waals surface area (Å²) >= 11 is 5.65. The Balaban J connectivity index is 1.69. The van der Waals surface area contributed by atoms with Crippen molar-refractivity contribution in [1.82, 2.24) is 0 Å². The third-order valence-electron chi connectivity index (χ3n) is 3.95. The standard InChI is InChI=1S/C14H13BClFNO9P/c1-7(19)25-12-11(26-13(15)14(12,16)17)6-24-28(22)23-5-8-4-9(18(20)21)2-3-10(8)27-28/h2-4,11-13H,5-6H2,1H3/t11-,12-,13-,14-,28?/m1/s1. The Morgan fingerprint density at radius 2 is 2.29 bits per heavy atom. The molecule has 0 spiro atoms. The maximum absolute atomic E-state index is 14.4. The van der Waals surface area contributed by atoms with Crippen LogP contribution in [0.2, 0.25) is 0 Å². The van der Waals surface area contributed by atoms with E-state index in [4.69, 9.17) is 42.5 Å². The molecular weight excluding hydrogens is 422 g/mol. The molecule has 2 heterocycles. The Hall–Kier alpha value is -1.72. The Labute approximate surface area is 164 Å². The van der Waals surface area contributed by atoms with E-state index in [1.165, 1.54) is 12.1 Å². The minimum Gasteiger partial charge on any atom is -0.455 e. The van der Waals surface area contributed by atoms with E-state index in [-0.39, 0.29) is 18.0 Å². The van der Waals surface area contributed by atoms with Crippen molar-refractivity contribution in [2.24, 2.45) is 0 Å². The lowest BCUT2D eigenvalue weighted by molar-refractivity contribution is -0.385. The summed E-state index contributed by atoms with van der Waals surface area (Å²) in [7, 11) is 1.29. The minimum absolute atomic E-state index is 0.0675. The molecule has 28 heavy (non-hydrogen) atoms. The van der Waals surface area contributed by atoms with Crippen molar-refractivity contribution in [1.29, 1.82) is 0 Å². The fraction of sp³-hybridized carbons (Fsp3) is 0.500. The molecule has 1 saturated heterocycles. The number of phosphoric ester groups is 1. The number of carbonyl (C=O) groups is 1. The molecule has 0 aromatic heterocycles. The highest BCUT2D eigenvalue weighted by Crippen LogP contribution is 2.55. The number of phosphoric acid groups is 1. The van der Waals surface area contributed by atoms with E-state index in [1.54, 1.807) is 0 Å². The molecule has 2 radical (unpaired) electrons. The van der Waals surface area contributed by atoms with Crippen LogP contribution in [0.1, 0.15) is 12.5 Å². The van der Waals surface area contributed by atoms with Crippen molar-refractivity contribution >= 4 is 38.9 Å². The molecule has 0 bridgehead atoms. The first-order valence-corrected chi connectivity index (χ1v) is 9.68. The summed E-state index contributed by atoms with van der Waals surface area (Å²) in [4.78, 5) is 21.4. The first kappa shape index (κ1) is 21.0. The Morgan fingerprint density at radius 3 is 2.93 bits per heavy atom. The van der Waals surface area contributed by atoms with Gasteiger partial charge in [0.25, 0.3) is 5.69 Å². The molecule has 2 aliphatic rings. The van der Waals surface area contributed by atoms with Gasteiger partial charge in [-0.3, -0.25) is 24.0 Å². The number of benzene rings is 1. The molecule has 1 fully saturated rings. The number of esters is 1. The molecule has 1 aromatic rings. The van der Waals surface area contributed by atoms with E-state index in [0.29, 0.717) is 5.56 Å². The van der Waals surface area contributed by atoms with E-state index in [1.807, 2.05) is 0 Å². The molecule has 2 aliphatic heterocycles. The molecular formula is C14H13BClFNO9P. The largest absolute Gasteiger partial charge is 0.530 e. The summed E-state index contributed by atoms with van der Waals surface area (Å²) < 4.78 is 52.3. The SMILES string of the molecule is [B][C@@H]1O[C@H](COP2(=O)OCc3cc([N+](=O)[O-])ccc3O2)[C@@H](OC(C)=O)[C@]1(F)Cl. The number of alkyl halides is 2. The van der Waals surface area contributed by atoms with E-state index in [9.17, 15) is 23.9 Å². The Morgan fingerprint density at radius 1 is 1.57 bits per heavy atom. The van der Waals surface area contributed by atoms with Gasteiger partial charge < -0.3 is 14.0 Å². The zero-order valence-electron chi connectivity index (χ0n) is 14.3. The lowest BCUT2D eigenvalue weighted by Gasteiger charge is -2.27. The number of rotatable bonds is 5.